The number of likely N-dealkylation sites (tertiary alicyclic amines) is 1. The third-order valence-electron chi connectivity index (χ3n) is 5.57. The third kappa shape index (κ3) is 4.81. The molecule has 0 aliphatic carbocycles. The summed E-state index contributed by atoms with van der Waals surface area (Å²) in [5, 5.41) is 0. The molecule has 3 rings (SSSR count). The van der Waals surface area contributed by atoms with Gasteiger partial charge in [-0.25, -0.2) is 4.39 Å². The summed E-state index contributed by atoms with van der Waals surface area (Å²) in [6, 6.07) is 6.69. The van der Waals surface area contributed by atoms with Gasteiger partial charge in [0.15, 0.2) is 0 Å². The molecule has 2 fully saturated rings. The molecule has 2 saturated heterocycles. The highest BCUT2D eigenvalue weighted by atomic mass is 19.1. The first kappa shape index (κ1) is 18.8. The number of halogens is 1. The number of rotatable bonds is 5. The van der Waals surface area contributed by atoms with Crippen LogP contribution in [0.25, 0.3) is 0 Å². The van der Waals surface area contributed by atoms with Crippen LogP contribution in [0.15, 0.2) is 24.3 Å². The second kappa shape index (κ2) is 8.62. The Balaban J connectivity index is 1.46. The molecule has 142 valence electrons. The second-order valence-electron chi connectivity index (χ2n) is 7.43. The molecule has 0 N–H and O–H groups in total. The largest absolute Gasteiger partial charge is 0.335 e. The normalized spacial score (nSPS) is 21.9. The van der Waals surface area contributed by atoms with E-state index < -0.39 is 0 Å². The van der Waals surface area contributed by atoms with Crippen molar-refractivity contribution >= 4 is 11.8 Å². The summed E-state index contributed by atoms with van der Waals surface area (Å²) in [5.74, 6) is -0.235. The van der Waals surface area contributed by atoms with E-state index in [0.29, 0.717) is 32.1 Å². The van der Waals surface area contributed by atoms with Gasteiger partial charge in [0.1, 0.15) is 5.82 Å². The molecule has 1 aromatic carbocycles. The van der Waals surface area contributed by atoms with Crippen molar-refractivity contribution < 1.29 is 14.0 Å². The highest BCUT2D eigenvalue weighted by Gasteiger charge is 2.28. The molecular formula is C20H28FN3O2. The number of nitrogens with zero attached hydrogens (tertiary/aromatic N) is 3. The lowest BCUT2D eigenvalue weighted by atomic mass is 9.98. The van der Waals surface area contributed by atoms with Crippen molar-refractivity contribution in [3.63, 3.8) is 0 Å². The summed E-state index contributed by atoms with van der Waals surface area (Å²) in [7, 11) is 2.13. The molecular weight excluding hydrogens is 333 g/mol. The van der Waals surface area contributed by atoms with E-state index in [1.54, 1.807) is 21.9 Å². The van der Waals surface area contributed by atoms with Gasteiger partial charge in [-0.05, 0) is 50.6 Å². The van der Waals surface area contributed by atoms with E-state index in [9.17, 15) is 14.0 Å². The van der Waals surface area contributed by atoms with Crippen molar-refractivity contribution in [2.75, 3.05) is 33.2 Å². The average molecular weight is 361 g/mol. The first-order valence-corrected chi connectivity index (χ1v) is 9.53. The quantitative estimate of drug-likeness (QED) is 0.808. The molecule has 0 spiro atoms. The van der Waals surface area contributed by atoms with Gasteiger partial charge in [-0.3, -0.25) is 9.59 Å². The zero-order valence-electron chi connectivity index (χ0n) is 15.5. The Labute approximate surface area is 154 Å². The van der Waals surface area contributed by atoms with Crippen LogP contribution in [0, 0.1) is 5.82 Å². The van der Waals surface area contributed by atoms with Crippen LogP contribution in [0.1, 0.15) is 37.7 Å². The van der Waals surface area contributed by atoms with Crippen molar-refractivity contribution in [2.45, 2.75) is 44.7 Å². The molecule has 5 nitrogen and oxygen atoms in total. The van der Waals surface area contributed by atoms with Gasteiger partial charge in [0.2, 0.25) is 11.8 Å². The molecule has 26 heavy (non-hydrogen) atoms. The van der Waals surface area contributed by atoms with Crippen molar-refractivity contribution in [1.82, 2.24) is 14.7 Å². The van der Waals surface area contributed by atoms with E-state index in [-0.39, 0.29) is 24.2 Å². The van der Waals surface area contributed by atoms with Crippen LogP contribution in [0.5, 0.6) is 0 Å². The predicted molar refractivity (Wildman–Crippen MR) is 97.9 cm³/mol. The summed E-state index contributed by atoms with van der Waals surface area (Å²) in [4.78, 5) is 30.7. The third-order valence-corrected chi connectivity index (χ3v) is 5.57. The highest BCUT2D eigenvalue weighted by Crippen LogP contribution is 2.20. The lowest BCUT2D eigenvalue weighted by Crippen LogP contribution is -2.52. The minimum Gasteiger partial charge on any atom is -0.335 e. The van der Waals surface area contributed by atoms with Gasteiger partial charge < -0.3 is 14.7 Å². The van der Waals surface area contributed by atoms with Crippen LogP contribution in [0.3, 0.4) is 0 Å². The van der Waals surface area contributed by atoms with E-state index in [0.717, 1.165) is 24.9 Å². The Morgan fingerprint density at radius 3 is 2.62 bits per heavy atom. The van der Waals surface area contributed by atoms with Gasteiger partial charge in [-0.1, -0.05) is 18.6 Å². The van der Waals surface area contributed by atoms with Crippen LogP contribution >= 0.6 is 0 Å². The van der Waals surface area contributed by atoms with Crippen LogP contribution in [0.2, 0.25) is 0 Å². The van der Waals surface area contributed by atoms with Crippen LogP contribution < -0.4 is 0 Å². The van der Waals surface area contributed by atoms with Crippen LogP contribution in [-0.4, -0.2) is 65.8 Å². The molecule has 0 bridgehead atoms. The molecule has 1 unspecified atom stereocenters. The number of hydrogen-bond donors (Lipinski definition) is 0. The summed E-state index contributed by atoms with van der Waals surface area (Å²) < 4.78 is 13.0. The Morgan fingerprint density at radius 2 is 1.92 bits per heavy atom. The van der Waals surface area contributed by atoms with Gasteiger partial charge in [0.05, 0.1) is 6.54 Å². The summed E-state index contributed by atoms with van der Waals surface area (Å²) in [5.41, 5.74) is 0.903. The fourth-order valence-corrected chi connectivity index (χ4v) is 3.86. The molecule has 0 saturated carbocycles. The maximum Gasteiger partial charge on any atom is 0.242 e. The summed E-state index contributed by atoms with van der Waals surface area (Å²) in [6.45, 7) is 2.84. The van der Waals surface area contributed by atoms with Crippen LogP contribution in [-0.2, 0) is 16.1 Å². The SMILES string of the molecule is CN1CCCCC1CCC(=O)N1CCN(Cc2ccc(F)cc2)C(=O)C1. The number of carbonyl (C=O) groups is 2. The zero-order chi connectivity index (χ0) is 18.5. The highest BCUT2D eigenvalue weighted by molar-refractivity contribution is 5.86. The van der Waals surface area contributed by atoms with Gasteiger partial charge in [0, 0.05) is 32.1 Å². The van der Waals surface area contributed by atoms with Crippen LogP contribution in [0.4, 0.5) is 4.39 Å². The standard InChI is InChI=1S/C20H28FN3O2/c1-22-11-3-2-4-18(22)9-10-19(25)24-13-12-23(20(26)15-24)14-16-5-7-17(21)8-6-16/h5-8,18H,2-4,9-15H2,1H3. The minimum atomic E-state index is -0.279. The smallest absolute Gasteiger partial charge is 0.242 e. The van der Waals surface area contributed by atoms with Gasteiger partial charge in [-0.2, -0.15) is 0 Å². The Kier molecular flexibility index (Phi) is 6.25. The fraction of sp³-hybridized carbons (Fsp3) is 0.600. The Morgan fingerprint density at radius 1 is 1.15 bits per heavy atom. The topological polar surface area (TPSA) is 43.9 Å². The van der Waals surface area contributed by atoms with E-state index in [2.05, 4.69) is 11.9 Å². The molecule has 2 aliphatic heterocycles. The van der Waals surface area contributed by atoms with Gasteiger partial charge >= 0.3 is 0 Å². The Bertz CT molecular complexity index is 634. The molecule has 1 aromatic rings. The van der Waals surface area contributed by atoms with E-state index in [1.807, 2.05) is 0 Å². The summed E-state index contributed by atoms with van der Waals surface area (Å²) >= 11 is 0. The molecule has 6 heteroatoms. The average Bonchev–Trinajstić information content (AvgIpc) is 2.64. The molecule has 0 radical (unpaired) electrons. The maximum absolute atomic E-state index is 13.0. The molecule has 1 atom stereocenters. The number of piperazine rings is 1. The van der Waals surface area contributed by atoms with Crippen molar-refractivity contribution in [1.29, 1.82) is 0 Å². The fourth-order valence-electron chi connectivity index (χ4n) is 3.86. The number of hydrogen-bond acceptors (Lipinski definition) is 3. The predicted octanol–water partition coefficient (Wildman–Crippen LogP) is 2.26. The molecule has 2 aliphatic rings. The second-order valence-corrected chi connectivity index (χ2v) is 7.43. The number of amides is 2. The first-order valence-electron chi connectivity index (χ1n) is 9.53. The van der Waals surface area contributed by atoms with E-state index >= 15 is 0 Å². The van der Waals surface area contributed by atoms with E-state index in [1.165, 1.54) is 25.0 Å². The molecule has 2 amide bonds. The van der Waals surface area contributed by atoms with Crippen molar-refractivity contribution in [3.8, 4) is 0 Å². The molecule has 0 aromatic heterocycles. The van der Waals surface area contributed by atoms with Crippen molar-refractivity contribution in [2.24, 2.45) is 0 Å². The van der Waals surface area contributed by atoms with Gasteiger partial charge in [-0.15, -0.1) is 0 Å². The number of benzene rings is 1. The zero-order valence-corrected chi connectivity index (χ0v) is 15.5. The van der Waals surface area contributed by atoms with E-state index in [4.69, 9.17) is 0 Å². The summed E-state index contributed by atoms with van der Waals surface area (Å²) in [6.07, 6.45) is 5.03. The van der Waals surface area contributed by atoms with Gasteiger partial charge in [0.25, 0.3) is 0 Å². The number of piperidine rings is 1. The molecule has 2 heterocycles. The maximum atomic E-state index is 13.0. The monoisotopic (exact) mass is 361 g/mol. The lowest BCUT2D eigenvalue weighted by Gasteiger charge is -2.36. The lowest BCUT2D eigenvalue weighted by molar-refractivity contribution is -0.145. The minimum absolute atomic E-state index is 0.0382. The number of carbonyl (C=O) groups excluding carboxylic acids is 2. The Hall–Kier alpha value is -1.95. The van der Waals surface area contributed by atoms with Crippen molar-refractivity contribution in [3.05, 3.63) is 35.6 Å². The first-order chi connectivity index (χ1) is 12.5.